The van der Waals surface area contributed by atoms with Gasteiger partial charge in [0.25, 0.3) is 0 Å². The molecule has 7 heteroatoms. The van der Waals surface area contributed by atoms with Gasteiger partial charge in [-0.25, -0.2) is 15.8 Å². The number of nitrogen functional groups attached to an aromatic ring is 1. The Kier molecular flexibility index (Phi) is 6.91. The van der Waals surface area contributed by atoms with Gasteiger partial charge in [-0.2, -0.15) is 0 Å². The number of nitrogens with one attached hydrogen (secondary N) is 2. The zero-order valence-electron chi connectivity index (χ0n) is 11.8. The maximum atomic E-state index is 5.50. The molecule has 1 rings (SSSR count). The van der Waals surface area contributed by atoms with Crippen molar-refractivity contribution in [1.82, 2.24) is 9.97 Å². The van der Waals surface area contributed by atoms with Crippen molar-refractivity contribution < 1.29 is 9.47 Å². The lowest BCUT2D eigenvalue weighted by Gasteiger charge is -2.12. The van der Waals surface area contributed by atoms with Crippen molar-refractivity contribution in [1.29, 1.82) is 0 Å². The molecule has 0 aromatic carbocycles. The minimum atomic E-state index is 0.455. The molecule has 0 aliphatic heterocycles. The Balaban J connectivity index is 2.37. The lowest BCUT2D eigenvalue weighted by Crippen LogP contribution is -2.14. The second-order valence-electron chi connectivity index (χ2n) is 4.50. The van der Waals surface area contributed by atoms with E-state index in [9.17, 15) is 0 Å². The molecule has 1 heterocycles. The fourth-order valence-electron chi connectivity index (χ4n) is 1.50. The van der Waals surface area contributed by atoms with Gasteiger partial charge in [-0.3, -0.25) is 0 Å². The van der Waals surface area contributed by atoms with Crippen LogP contribution in [-0.2, 0) is 4.74 Å². The Morgan fingerprint density at radius 1 is 1.32 bits per heavy atom. The molecule has 0 saturated heterocycles. The quantitative estimate of drug-likeness (QED) is 0.353. The van der Waals surface area contributed by atoms with Crippen molar-refractivity contribution in [2.45, 2.75) is 20.3 Å². The van der Waals surface area contributed by atoms with Crippen LogP contribution in [0.5, 0.6) is 5.75 Å². The number of anilines is 2. The van der Waals surface area contributed by atoms with E-state index in [4.69, 9.17) is 15.3 Å². The van der Waals surface area contributed by atoms with E-state index in [2.05, 4.69) is 34.6 Å². The van der Waals surface area contributed by atoms with Crippen LogP contribution in [0.3, 0.4) is 0 Å². The van der Waals surface area contributed by atoms with Crippen molar-refractivity contribution in [2.24, 2.45) is 11.8 Å². The average Bonchev–Trinajstić information content (AvgIpc) is 2.41. The fourth-order valence-corrected chi connectivity index (χ4v) is 1.50. The van der Waals surface area contributed by atoms with Crippen LogP contribution in [0, 0.1) is 5.92 Å². The first kappa shape index (κ1) is 15.5. The molecule has 0 fully saturated rings. The van der Waals surface area contributed by atoms with E-state index in [1.807, 2.05) is 0 Å². The summed E-state index contributed by atoms with van der Waals surface area (Å²) in [5.41, 5.74) is 2.47. The van der Waals surface area contributed by atoms with Gasteiger partial charge in [-0.05, 0) is 12.3 Å². The number of ether oxygens (including phenoxy) is 2. The van der Waals surface area contributed by atoms with Crippen LogP contribution in [0.1, 0.15) is 20.3 Å². The number of hydrogen-bond donors (Lipinski definition) is 3. The first-order valence-electron chi connectivity index (χ1n) is 6.36. The van der Waals surface area contributed by atoms with Crippen LogP contribution in [-0.4, -0.2) is 36.8 Å². The molecule has 0 unspecified atom stereocenters. The van der Waals surface area contributed by atoms with E-state index in [0.29, 0.717) is 23.3 Å². The van der Waals surface area contributed by atoms with Gasteiger partial charge < -0.3 is 20.2 Å². The highest BCUT2D eigenvalue weighted by atomic mass is 16.5. The Hall–Kier alpha value is -1.60. The largest absolute Gasteiger partial charge is 0.490 e. The molecule has 1 aromatic rings. The molecule has 108 valence electrons. The van der Waals surface area contributed by atoms with Gasteiger partial charge in [0.15, 0.2) is 11.6 Å². The van der Waals surface area contributed by atoms with Crippen LogP contribution >= 0.6 is 0 Å². The van der Waals surface area contributed by atoms with E-state index in [0.717, 1.165) is 26.2 Å². The summed E-state index contributed by atoms with van der Waals surface area (Å²) >= 11 is 0. The van der Waals surface area contributed by atoms with Crippen LogP contribution in [0.2, 0.25) is 0 Å². The summed E-state index contributed by atoms with van der Waals surface area (Å²) in [6.07, 6.45) is 2.32. The van der Waals surface area contributed by atoms with Crippen molar-refractivity contribution in [2.75, 3.05) is 37.6 Å². The molecule has 0 aliphatic carbocycles. The second kappa shape index (κ2) is 8.49. The van der Waals surface area contributed by atoms with Gasteiger partial charge in [-0.15, -0.1) is 0 Å². The number of nitrogens with zero attached hydrogens (tertiary/aromatic N) is 2. The Labute approximate surface area is 113 Å². The monoisotopic (exact) mass is 269 g/mol. The number of nitrogens with two attached hydrogens (primary N) is 1. The zero-order chi connectivity index (χ0) is 14.1. The molecule has 0 bridgehead atoms. The van der Waals surface area contributed by atoms with Crippen LogP contribution < -0.4 is 21.3 Å². The number of methoxy groups -OCH3 is 1. The molecule has 0 amide bonds. The minimum Gasteiger partial charge on any atom is -0.490 e. The van der Waals surface area contributed by atoms with Crippen LogP contribution in [0.15, 0.2) is 6.33 Å². The number of hydrazine groups is 1. The van der Waals surface area contributed by atoms with Gasteiger partial charge in [0.2, 0.25) is 5.75 Å². The predicted molar refractivity (Wildman–Crippen MR) is 75.2 cm³/mol. The van der Waals surface area contributed by atoms with Crippen LogP contribution in [0.4, 0.5) is 11.6 Å². The lowest BCUT2D eigenvalue weighted by atomic mass is 10.2. The first-order valence-corrected chi connectivity index (χ1v) is 6.36. The van der Waals surface area contributed by atoms with E-state index in [1.54, 1.807) is 7.11 Å². The molecule has 0 radical (unpaired) electrons. The summed E-state index contributed by atoms with van der Waals surface area (Å²) in [7, 11) is 1.55. The summed E-state index contributed by atoms with van der Waals surface area (Å²) in [5.74, 6) is 7.49. The van der Waals surface area contributed by atoms with Gasteiger partial charge in [-0.1, -0.05) is 13.8 Å². The van der Waals surface area contributed by atoms with Crippen molar-refractivity contribution in [3.8, 4) is 5.75 Å². The maximum Gasteiger partial charge on any atom is 0.205 e. The standard InChI is InChI=1S/C12H23N5O2/c1-9(2)7-19-6-4-5-14-11-10(18-3)12(17-13)16-8-15-11/h8-9H,4-7,13H2,1-3H3,(H2,14,15,16,17). The lowest BCUT2D eigenvalue weighted by molar-refractivity contribution is 0.110. The second-order valence-corrected chi connectivity index (χ2v) is 4.50. The molecular formula is C12H23N5O2. The molecule has 0 spiro atoms. The SMILES string of the molecule is COc1c(NN)ncnc1NCCCOCC(C)C. The first-order chi connectivity index (χ1) is 9.19. The Bertz CT molecular complexity index is 373. The minimum absolute atomic E-state index is 0.455. The summed E-state index contributed by atoms with van der Waals surface area (Å²) in [6.45, 7) is 6.52. The van der Waals surface area contributed by atoms with Crippen LogP contribution in [0.25, 0.3) is 0 Å². The van der Waals surface area contributed by atoms with Crippen molar-refractivity contribution in [3.05, 3.63) is 6.33 Å². The van der Waals surface area contributed by atoms with Gasteiger partial charge in [0, 0.05) is 19.8 Å². The van der Waals surface area contributed by atoms with E-state index >= 15 is 0 Å². The third kappa shape index (κ3) is 5.27. The molecule has 0 atom stereocenters. The van der Waals surface area contributed by atoms with Gasteiger partial charge in [0.05, 0.1) is 7.11 Å². The highest BCUT2D eigenvalue weighted by molar-refractivity contribution is 5.62. The highest BCUT2D eigenvalue weighted by Gasteiger charge is 2.10. The number of aromatic nitrogens is 2. The van der Waals surface area contributed by atoms with Gasteiger partial charge in [0.1, 0.15) is 6.33 Å². The molecule has 1 aromatic heterocycles. The van der Waals surface area contributed by atoms with E-state index in [1.165, 1.54) is 6.33 Å². The maximum absolute atomic E-state index is 5.50. The van der Waals surface area contributed by atoms with E-state index in [-0.39, 0.29) is 0 Å². The third-order valence-electron chi connectivity index (χ3n) is 2.35. The highest BCUT2D eigenvalue weighted by Crippen LogP contribution is 2.27. The molecule has 7 nitrogen and oxygen atoms in total. The Morgan fingerprint density at radius 2 is 2.05 bits per heavy atom. The molecule has 0 saturated carbocycles. The normalized spacial score (nSPS) is 10.6. The number of hydrogen-bond acceptors (Lipinski definition) is 7. The van der Waals surface area contributed by atoms with Crippen molar-refractivity contribution >= 4 is 11.6 Å². The molecular weight excluding hydrogens is 246 g/mol. The van der Waals surface area contributed by atoms with E-state index < -0.39 is 0 Å². The van der Waals surface area contributed by atoms with Gasteiger partial charge >= 0.3 is 0 Å². The summed E-state index contributed by atoms with van der Waals surface area (Å²) in [4.78, 5) is 8.09. The molecule has 4 N–H and O–H groups in total. The molecule has 19 heavy (non-hydrogen) atoms. The molecule has 0 aliphatic rings. The number of rotatable bonds is 9. The summed E-state index contributed by atoms with van der Waals surface area (Å²) in [6, 6.07) is 0. The summed E-state index contributed by atoms with van der Waals surface area (Å²) in [5, 5.41) is 3.18. The fraction of sp³-hybridized carbons (Fsp3) is 0.667. The Morgan fingerprint density at radius 3 is 2.68 bits per heavy atom. The van der Waals surface area contributed by atoms with Crippen molar-refractivity contribution in [3.63, 3.8) is 0 Å². The zero-order valence-corrected chi connectivity index (χ0v) is 11.8. The smallest absolute Gasteiger partial charge is 0.205 e. The predicted octanol–water partition coefficient (Wildman–Crippen LogP) is 1.25. The topological polar surface area (TPSA) is 94.3 Å². The average molecular weight is 269 g/mol. The third-order valence-corrected chi connectivity index (χ3v) is 2.35. The summed E-state index contributed by atoms with van der Waals surface area (Å²) < 4.78 is 10.7.